The average Bonchev–Trinajstić information content (AvgIpc) is 2.65. The van der Waals surface area contributed by atoms with E-state index >= 15 is 0 Å². The Hall–Kier alpha value is -2.82. The Morgan fingerprint density at radius 2 is 1.62 bits per heavy atom. The van der Waals surface area contributed by atoms with E-state index in [0.29, 0.717) is 37.4 Å². The smallest absolute Gasteiger partial charge is 0.227 e. The number of rotatable bonds is 4. The molecule has 2 aromatic carbocycles. The molecule has 2 amide bonds. The summed E-state index contributed by atoms with van der Waals surface area (Å²) in [6.45, 7) is 4.82. The van der Waals surface area contributed by atoms with E-state index in [1.807, 2.05) is 55.5 Å². The molecule has 1 saturated heterocycles. The van der Waals surface area contributed by atoms with Gasteiger partial charge in [0, 0.05) is 25.9 Å². The van der Waals surface area contributed by atoms with Crippen molar-refractivity contribution in [3.8, 4) is 11.5 Å². The lowest BCUT2D eigenvalue weighted by atomic mass is 9.96. The number of likely N-dealkylation sites (tertiary alicyclic amines) is 1. The highest BCUT2D eigenvalue weighted by molar-refractivity contribution is 5.94. The van der Waals surface area contributed by atoms with Gasteiger partial charge in [-0.2, -0.15) is 0 Å². The molecule has 0 radical (unpaired) electrons. The van der Waals surface area contributed by atoms with Crippen LogP contribution in [0.1, 0.15) is 25.3 Å². The van der Waals surface area contributed by atoms with Crippen LogP contribution in [0.25, 0.3) is 0 Å². The fourth-order valence-electron chi connectivity index (χ4n) is 3.14. The fourth-order valence-corrected chi connectivity index (χ4v) is 3.14. The second-order valence-electron chi connectivity index (χ2n) is 6.63. The summed E-state index contributed by atoms with van der Waals surface area (Å²) in [6.07, 6.45) is 1.37. The Bertz CT molecular complexity index is 795. The van der Waals surface area contributed by atoms with Crippen molar-refractivity contribution in [2.24, 2.45) is 5.92 Å². The highest BCUT2D eigenvalue weighted by atomic mass is 16.5. The number of hydrogen-bond acceptors (Lipinski definition) is 3. The van der Waals surface area contributed by atoms with Gasteiger partial charge in [0.05, 0.1) is 5.69 Å². The van der Waals surface area contributed by atoms with Gasteiger partial charge in [0.2, 0.25) is 11.8 Å². The first-order valence-corrected chi connectivity index (χ1v) is 8.93. The molecule has 0 spiro atoms. The minimum Gasteiger partial charge on any atom is -0.455 e. The predicted octanol–water partition coefficient (Wildman–Crippen LogP) is 3.98. The molecule has 2 aromatic rings. The predicted molar refractivity (Wildman–Crippen MR) is 101 cm³/mol. The highest BCUT2D eigenvalue weighted by Crippen LogP contribution is 2.31. The van der Waals surface area contributed by atoms with Crippen molar-refractivity contribution in [3.05, 3.63) is 54.1 Å². The zero-order valence-electron chi connectivity index (χ0n) is 15.2. The molecule has 0 saturated carbocycles. The van der Waals surface area contributed by atoms with Crippen LogP contribution in [0.2, 0.25) is 0 Å². The molecular formula is C21H24N2O3. The molecule has 1 aliphatic rings. The lowest BCUT2D eigenvalue weighted by Gasteiger charge is -2.30. The molecule has 0 aliphatic carbocycles. The number of ether oxygens (including phenoxy) is 1. The molecule has 1 N–H and O–H groups in total. The molecule has 0 unspecified atom stereocenters. The number of carbonyl (C=O) groups is 2. The number of para-hydroxylation sites is 3. The summed E-state index contributed by atoms with van der Waals surface area (Å²) in [4.78, 5) is 25.9. The molecule has 5 nitrogen and oxygen atoms in total. The van der Waals surface area contributed by atoms with E-state index in [1.165, 1.54) is 0 Å². The topological polar surface area (TPSA) is 58.6 Å². The average molecular weight is 352 g/mol. The van der Waals surface area contributed by atoms with E-state index in [0.717, 1.165) is 11.3 Å². The maximum atomic E-state index is 12.6. The number of nitrogens with zero attached hydrogens (tertiary/aromatic N) is 1. The van der Waals surface area contributed by atoms with Crippen LogP contribution in [0.15, 0.2) is 48.5 Å². The maximum absolute atomic E-state index is 12.6. The monoisotopic (exact) mass is 352 g/mol. The van der Waals surface area contributed by atoms with Crippen LogP contribution in [-0.2, 0) is 9.59 Å². The van der Waals surface area contributed by atoms with E-state index in [9.17, 15) is 9.59 Å². The largest absolute Gasteiger partial charge is 0.455 e. The quantitative estimate of drug-likeness (QED) is 0.905. The molecule has 3 rings (SSSR count). The van der Waals surface area contributed by atoms with Crippen LogP contribution in [-0.4, -0.2) is 29.8 Å². The van der Waals surface area contributed by atoms with Crippen LogP contribution < -0.4 is 10.1 Å². The second-order valence-corrected chi connectivity index (χ2v) is 6.63. The number of piperidine rings is 1. The molecular weight excluding hydrogens is 328 g/mol. The highest BCUT2D eigenvalue weighted by Gasteiger charge is 2.26. The van der Waals surface area contributed by atoms with Crippen molar-refractivity contribution in [1.82, 2.24) is 4.90 Å². The maximum Gasteiger partial charge on any atom is 0.227 e. The number of nitrogens with one attached hydrogen (secondary N) is 1. The number of anilines is 1. The first kappa shape index (κ1) is 18.0. The normalized spacial score (nSPS) is 14.8. The summed E-state index contributed by atoms with van der Waals surface area (Å²) in [7, 11) is 0. The van der Waals surface area contributed by atoms with Crippen molar-refractivity contribution in [2.45, 2.75) is 26.7 Å². The van der Waals surface area contributed by atoms with Gasteiger partial charge in [0.1, 0.15) is 5.75 Å². The van der Waals surface area contributed by atoms with Crippen LogP contribution >= 0.6 is 0 Å². The van der Waals surface area contributed by atoms with E-state index in [2.05, 4.69) is 5.32 Å². The lowest BCUT2D eigenvalue weighted by Crippen LogP contribution is -2.40. The SMILES string of the molecule is CC(=O)N1CCC(C(=O)Nc2ccccc2Oc2ccccc2C)CC1. The van der Waals surface area contributed by atoms with Crippen molar-refractivity contribution in [3.63, 3.8) is 0 Å². The minimum atomic E-state index is -0.0860. The third kappa shape index (κ3) is 4.23. The van der Waals surface area contributed by atoms with Gasteiger partial charge in [-0.3, -0.25) is 9.59 Å². The Morgan fingerprint density at radius 1 is 1.00 bits per heavy atom. The third-order valence-electron chi connectivity index (χ3n) is 4.77. The van der Waals surface area contributed by atoms with Gasteiger partial charge in [-0.15, -0.1) is 0 Å². The second kappa shape index (κ2) is 8.04. The van der Waals surface area contributed by atoms with E-state index in [4.69, 9.17) is 4.74 Å². The molecule has 1 fully saturated rings. The van der Waals surface area contributed by atoms with E-state index in [1.54, 1.807) is 11.8 Å². The number of benzene rings is 2. The Kier molecular flexibility index (Phi) is 5.56. The van der Waals surface area contributed by atoms with Crippen LogP contribution in [0.4, 0.5) is 5.69 Å². The molecule has 1 heterocycles. The summed E-state index contributed by atoms with van der Waals surface area (Å²) < 4.78 is 6.01. The molecule has 0 bridgehead atoms. The lowest BCUT2D eigenvalue weighted by molar-refractivity contribution is -0.132. The summed E-state index contributed by atoms with van der Waals surface area (Å²) in [5, 5.41) is 3.00. The van der Waals surface area contributed by atoms with Gasteiger partial charge in [0.15, 0.2) is 5.75 Å². The molecule has 5 heteroatoms. The minimum absolute atomic E-state index is 0.0194. The van der Waals surface area contributed by atoms with Crippen LogP contribution in [0.5, 0.6) is 11.5 Å². The molecule has 136 valence electrons. The van der Waals surface area contributed by atoms with Crippen molar-refractivity contribution in [1.29, 1.82) is 0 Å². The van der Waals surface area contributed by atoms with Crippen molar-refractivity contribution >= 4 is 17.5 Å². The van der Waals surface area contributed by atoms with Gasteiger partial charge >= 0.3 is 0 Å². The number of carbonyl (C=O) groups excluding carboxylic acids is 2. The van der Waals surface area contributed by atoms with Gasteiger partial charge in [-0.25, -0.2) is 0 Å². The van der Waals surface area contributed by atoms with Crippen LogP contribution in [0, 0.1) is 12.8 Å². The molecule has 0 atom stereocenters. The first-order valence-electron chi connectivity index (χ1n) is 8.93. The summed E-state index contributed by atoms with van der Waals surface area (Å²) >= 11 is 0. The van der Waals surface area contributed by atoms with Crippen molar-refractivity contribution in [2.75, 3.05) is 18.4 Å². The number of hydrogen-bond donors (Lipinski definition) is 1. The van der Waals surface area contributed by atoms with Crippen molar-refractivity contribution < 1.29 is 14.3 Å². The Balaban J connectivity index is 1.68. The van der Waals surface area contributed by atoms with Gasteiger partial charge in [-0.1, -0.05) is 30.3 Å². The summed E-state index contributed by atoms with van der Waals surface area (Å²) in [5.41, 5.74) is 1.69. The summed E-state index contributed by atoms with van der Waals surface area (Å²) in [5.74, 6) is 1.35. The standard InChI is InChI=1S/C21H24N2O3/c1-15-7-3-5-9-19(15)26-20-10-6-4-8-18(20)22-21(25)17-11-13-23(14-12-17)16(2)24/h3-10,17H,11-14H2,1-2H3,(H,22,25). The van der Waals surface area contributed by atoms with Gasteiger partial charge in [-0.05, 0) is 43.5 Å². The van der Waals surface area contributed by atoms with Gasteiger partial charge < -0.3 is 15.0 Å². The molecule has 26 heavy (non-hydrogen) atoms. The van der Waals surface area contributed by atoms with Gasteiger partial charge in [0.25, 0.3) is 0 Å². The zero-order valence-corrected chi connectivity index (χ0v) is 15.2. The Morgan fingerprint density at radius 3 is 2.27 bits per heavy atom. The molecule has 0 aromatic heterocycles. The Labute approximate surface area is 154 Å². The van der Waals surface area contributed by atoms with E-state index < -0.39 is 0 Å². The molecule has 1 aliphatic heterocycles. The number of aryl methyl sites for hydroxylation is 1. The van der Waals surface area contributed by atoms with E-state index in [-0.39, 0.29) is 17.7 Å². The third-order valence-corrected chi connectivity index (χ3v) is 4.77. The first-order chi connectivity index (χ1) is 12.5. The fraction of sp³-hybridized carbons (Fsp3) is 0.333. The summed E-state index contributed by atoms with van der Waals surface area (Å²) in [6, 6.07) is 15.2. The van der Waals surface area contributed by atoms with Crippen LogP contribution in [0.3, 0.4) is 0 Å². The number of amides is 2. The zero-order chi connectivity index (χ0) is 18.5.